The van der Waals surface area contributed by atoms with Crippen molar-refractivity contribution >= 4 is 65.4 Å². The fourth-order valence-electron chi connectivity index (χ4n) is 3.71. The van der Waals surface area contributed by atoms with E-state index in [-0.39, 0.29) is 10.0 Å². The summed E-state index contributed by atoms with van der Waals surface area (Å²) in [6.45, 7) is 0. The van der Waals surface area contributed by atoms with E-state index in [0.717, 1.165) is 15.9 Å². The molecule has 0 saturated carbocycles. The van der Waals surface area contributed by atoms with Crippen molar-refractivity contribution in [1.29, 1.82) is 0 Å². The van der Waals surface area contributed by atoms with E-state index in [1.807, 2.05) is 54.6 Å². The zero-order valence-electron chi connectivity index (χ0n) is 15.8. The molecule has 0 N–H and O–H groups in total. The van der Waals surface area contributed by atoms with Crippen molar-refractivity contribution in [3.8, 4) is 0 Å². The van der Waals surface area contributed by atoms with E-state index >= 15 is 0 Å². The first-order valence-corrected chi connectivity index (χ1v) is 15.2. The van der Waals surface area contributed by atoms with Gasteiger partial charge in [-0.25, -0.2) is 0 Å². The van der Waals surface area contributed by atoms with Crippen molar-refractivity contribution in [3.05, 3.63) is 118 Å². The molecule has 30 heavy (non-hydrogen) atoms. The molecule has 4 rings (SSSR count). The summed E-state index contributed by atoms with van der Waals surface area (Å²) in [4.78, 5) is 13.0. The van der Waals surface area contributed by atoms with Crippen LogP contribution in [0.15, 0.2) is 102 Å². The Morgan fingerprint density at radius 3 is 1.57 bits per heavy atom. The number of halogens is 3. The second kappa shape index (κ2) is 8.43. The molecule has 0 aliphatic heterocycles. The molecule has 0 radical (unpaired) electrons. The van der Waals surface area contributed by atoms with Gasteiger partial charge in [0.15, 0.2) is 0 Å². The monoisotopic (exact) mass is 566 g/mol. The molecule has 0 bridgehead atoms. The first-order valence-electron chi connectivity index (χ1n) is 9.26. The third-order valence-electron chi connectivity index (χ3n) is 5.23. The van der Waals surface area contributed by atoms with Crippen LogP contribution in [0.4, 0.5) is 0 Å². The van der Waals surface area contributed by atoms with Crippen molar-refractivity contribution in [2.75, 3.05) is 0 Å². The van der Waals surface area contributed by atoms with Gasteiger partial charge in [-0.05, 0) is 0 Å². The first-order chi connectivity index (χ1) is 14.4. The zero-order valence-corrected chi connectivity index (χ0v) is 20.4. The van der Waals surface area contributed by atoms with Crippen LogP contribution in [0.2, 0.25) is 10.0 Å². The predicted octanol–water partition coefficient (Wildman–Crippen LogP) is 5.39. The van der Waals surface area contributed by atoms with Crippen LogP contribution in [0.25, 0.3) is 0 Å². The molecule has 3 nitrogen and oxygen atoms in total. The molecule has 0 aliphatic carbocycles. The zero-order chi connectivity index (χ0) is 21.2. The van der Waals surface area contributed by atoms with Gasteiger partial charge < -0.3 is 0 Å². The molecular formula is C23H18Cl2IN2OP. The average molecular weight is 567 g/mol. The third kappa shape index (κ3) is 3.50. The second-order valence-corrected chi connectivity index (χ2v) is 18.3. The molecule has 0 spiro atoms. The summed E-state index contributed by atoms with van der Waals surface area (Å²) >= 11 is 14.8. The molecule has 0 saturated heterocycles. The van der Waals surface area contributed by atoms with Crippen LogP contribution >= 0.6 is 49.5 Å². The van der Waals surface area contributed by atoms with Crippen molar-refractivity contribution < 1.29 is 0 Å². The Bertz CT molecular complexity index is 1140. The van der Waals surface area contributed by atoms with Gasteiger partial charge in [-0.15, -0.1) is 0 Å². The summed E-state index contributed by atoms with van der Waals surface area (Å²) in [5, 5.41) is 7.97. The molecule has 0 atom stereocenters. The van der Waals surface area contributed by atoms with Crippen molar-refractivity contribution in [2.45, 2.75) is 6.29 Å². The molecule has 0 fully saturated rings. The summed E-state index contributed by atoms with van der Waals surface area (Å²) in [5.41, 5.74) is -0.391. The quantitative estimate of drug-likeness (QED) is 0.240. The number of aromatic nitrogens is 2. The van der Waals surface area contributed by atoms with Gasteiger partial charge >= 0.3 is 199 Å². The summed E-state index contributed by atoms with van der Waals surface area (Å²) < 4.78 is -1.74. The predicted molar refractivity (Wildman–Crippen MR) is 138 cm³/mol. The second-order valence-electron chi connectivity index (χ2n) is 6.94. The first kappa shape index (κ1) is 21.5. The Labute approximate surface area is 198 Å². The number of rotatable bonds is 5. The van der Waals surface area contributed by atoms with E-state index in [1.165, 1.54) is 10.9 Å². The van der Waals surface area contributed by atoms with Gasteiger partial charge in [-0.2, -0.15) is 0 Å². The van der Waals surface area contributed by atoms with Crippen LogP contribution in [-0.4, -0.2) is 9.78 Å². The van der Waals surface area contributed by atoms with Gasteiger partial charge in [0.25, 0.3) is 0 Å². The minimum absolute atomic E-state index is 0.0117. The van der Waals surface area contributed by atoms with Gasteiger partial charge in [-0.1, -0.05) is 0 Å². The van der Waals surface area contributed by atoms with Crippen LogP contribution in [0.1, 0.15) is 0 Å². The number of hydrogen-bond donors (Lipinski definition) is 0. The van der Waals surface area contributed by atoms with Crippen LogP contribution in [-0.2, 0) is 6.29 Å². The minimum atomic E-state index is -3.19. The van der Waals surface area contributed by atoms with E-state index in [2.05, 4.69) is 63.5 Å². The van der Waals surface area contributed by atoms with Crippen molar-refractivity contribution in [2.24, 2.45) is 0 Å². The third-order valence-corrected chi connectivity index (χ3v) is 16.8. The molecule has 1 aromatic heterocycles. The number of nitrogens with zero attached hydrogens (tertiary/aromatic N) is 2. The number of hydrogen-bond acceptors (Lipinski definition) is 2. The molecule has 0 amide bonds. The molecule has 0 unspecified atom stereocenters. The Morgan fingerprint density at radius 1 is 0.767 bits per heavy atom. The molecule has 1 heterocycles. The maximum absolute atomic E-state index is 13.0. The van der Waals surface area contributed by atoms with E-state index in [1.54, 1.807) is 0 Å². The van der Waals surface area contributed by atoms with Gasteiger partial charge in [0, 0.05) is 0 Å². The fourth-order valence-corrected chi connectivity index (χ4v) is 12.2. The van der Waals surface area contributed by atoms with Crippen LogP contribution in [0, 0.1) is 0 Å². The summed E-state index contributed by atoms with van der Waals surface area (Å²) in [5.74, 6) is 0. The molecule has 0 aliphatic rings. The molecule has 152 valence electrons. The molecule has 4 aromatic rings. The van der Waals surface area contributed by atoms with Crippen LogP contribution in [0.3, 0.4) is 0 Å². The van der Waals surface area contributed by atoms with Gasteiger partial charge in [0.1, 0.15) is 0 Å². The van der Waals surface area contributed by atoms with E-state index in [0.29, 0.717) is 6.29 Å². The molecule has 7 heteroatoms. The van der Waals surface area contributed by atoms with Gasteiger partial charge in [0.2, 0.25) is 0 Å². The van der Waals surface area contributed by atoms with Crippen LogP contribution in [0.5, 0.6) is 0 Å². The molecule has 3 aromatic carbocycles. The van der Waals surface area contributed by atoms with Crippen molar-refractivity contribution in [1.82, 2.24) is 9.78 Å². The molecular weight excluding hydrogens is 549 g/mol. The van der Waals surface area contributed by atoms with E-state index < -0.39 is 9.81 Å². The fraction of sp³-hybridized carbons (Fsp3) is 0.0435. The van der Waals surface area contributed by atoms with Gasteiger partial charge in [0.05, 0.1) is 0 Å². The van der Waals surface area contributed by atoms with E-state index in [4.69, 9.17) is 23.2 Å². The maximum atomic E-state index is 13.0. The van der Waals surface area contributed by atoms with Crippen LogP contribution < -0.4 is 21.5 Å². The summed E-state index contributed by atoms with van der Waals surface area (Å²) in [6.07, 6.45) is 1.80. The van der Waals surface area contributed by atoms with E-state index in [9.17, 15) is 4.79 Å². The van der Waals surface area contributed by atoms with Crippen molar-refractivity contribution in [3.63, 3.8) is 0 Å². The number of benzene rings is 3. The standard InChI is InChI=1S/C23H18Cl2IN2OP/c24-21-16-27-28(23(29)22(21)25)17-30(26,18-10-4-1-5-11-18,19-12-6-2-7-13-19)20-14-8-3-9-15-20/h1-16H,17H2. The SMILES string of the molecule is O=c1c(Cl)c(Cl)cnn1CP(I)(c1ccccc1)(c1ccccc1)c1ccccc1. The summed E-state index contributed by atoms with van der Waals surface area (Å²) in [7, 11) is 0. The Kier molecular flexibility index (Phi) is 6.04. The van der Waals surface area contributed by atoms with Gasteiger partial charge in [-0.3, -0.25) is 0 Å². The Morgan fingerprint density at radius 2 is 1.17 bits per heavy atom. The Hall–Kier alpha value is -1.72. The summed E-state index contributed by atoms with van der Waals surface area (Å²) in [6, 6.07) is 31.0. The normalized spacial score (nSPS) is 12.8. The average Bonchev–Trinajstić information content (AvgIpc) is 2.81. The topological polar surface area (TPSA) is 34.9 Å². The Balaban J connectivity index is 2.12.